The number of rotatable bonds is 8. The Kier molecular flexibility index (Phi) is 6.67. The number of Topliss-reactive ketones (excluding diaryl/α,β-unsaturated/α-hetero) is 1. The summed E-state index contributed by atoms with van der Waals surface area (Å²) in [7, 11) is 0. The van der Waals surface area contributed by atoms with Gasteiger partial charge in [-0.2, -0.15) is 0 Å². The minimum Gasteiger partial charge on any atom is -0.369 e. The van der Waals surface area contributed by atoms with E-state index in [0.717, 1.165) is 55.9 Å². The number of aromatic nitrogens is 1. The number of H-pyrrole nitrogens is 1. The average Bonchev–Trinajstić information content (AvgIpc) is 3.21. The Morgan fingerprint density at radius 1 is 1.00 bits per heavy atom. The smallest absolute Gasteiger partial charge is 0.221 e. The van der Waals surface area contributed by atoms with Gasteiger partial charge in [-0.25, -0.2) is 0 Å². The molecule has 6 nitrogen and oxygen atoms in total. The molecule has 4 rings (SSSR count). The molecule has 31 heavy (non-hydrogen) atoms. The number of hydrogen-bond donors (Lipinski definition) is 2. The number of amides is 1. The molecule has 2 aromatic carbocycles. The summed E-state index contributed by atoms with van der Waals surface area (Å²) >= 11 is 0. The van der Waals surface area contributed by atoms with Crippen molar-refractivity contribution in [3.8, 4) is 0 Å². The summed E-state index contributed by atoms with van der Waals surface area (Å²) < 4.78 is 0. The van der Waals surface area contributed by atoms with E-state index < -0.39 is 0 Å². The molecule has 2 N–H and O–H groups in total. The molecular formula is C25H30N4O2. The molecule has 6 heteroatoms. The Morgan fingerprint density at radius 2 is 1.74 bits per heavy atom. The van der Waals surface area contributed by atoms with Crippen molar-refractivity contribution in [2.45, 2.75) is 19.8 Å². The quantitative estimate of drug-likeness (QED) is 0.551. The highest BCUT2D eigenvalue weighted by Crippen LogP contribution is 2.19. The number of hydrogen-bond acceptors (Lipinski definition) is 4. The van der Waals surface area contributed by atoms with Crippen LogP contribution in [-0.2, 0) is 11.2 Å². The van der Waals surface area contributed by atoms with Gasteiger partial charge in [0, 0.05) is 74.0 Å². The van der Waals surface area contributed by atoms with Gasteiger partial charge < -0.3 is 15.2 Å². The van der Waals surface area contributed by atoms with Gasteiger partial charge in [-0.3, -0.25) is 14.5 Å². The molecule has 0 atom stereocenters. The number of carbonyl (C=O) groups excluding carboxylic acids is 2. The molecule has 162 valence electrons. The summed E-state index contributed by atoms with van der Waals surface area (Å²) in [6.45, 7) is 6.78. The average molecular weight is 419 g/mol. The van der Waals surface area contributed by atoms with Gasteiger partial charge in [0.05, 0.1) is 0 Å². The third-order valence-electron chi connectivity index (χ3n) is 6.06. The molecule has 0 spiro atoms. The first-order valence-corrected chi connectivity index (χ1v) is 11.0. The first-order valence-electron chi connectivity index (χ1n) is 11.0. The van der Waals surface area contributed by atoms with Gasteiger partial charge in [-0.15, -0.1) is 0 Å². The summed E-state index contributed by atoms with van der Waals surface area (Å²) in [4.78, 5) is 31.7. The van der Waals surface area contributed by atoms with Crippen LogP contribution in [0.4, 0.5) is 5.69 Å². The van der Waals surface area contributed by atoms with E-state index in [0.29, 0.717) is 13.0 Å². The minimum atomic E-state index is 0.0936. The van der Waals surface area contributed by atoms with E-state index in [2.05, 4.69) is 32.2 Å². The monoisotopic (exact) mass is 418 g/mol. The second-order valence-electron chi connectivity index (χ2n) is 8.14. The Hall–Kier alpha value is -3.12. The normalized spacial score (nSPS) is 14.7. The second-order valence-corrected chi connectivity index (χ2v) is 8.14. The van der Waals surface area contributed by atoms with Crippen molar-refractivity contribution in [3.63, 3.8) is 0 Å². The summed E-state index contributed by atoms with van der Waals surface area (Å²) in [5.74, 6) is 0.207. The van der Waals surface area contributed by atoms with Gasteiger partial charge >= 0.3 is 0 Å². The molecule has 1 amide bonds. The van der Waals surface area contributed by atoms with Crippen LogP contribution in [0.5, 0.6) is 0 Å². The number of aromatic amines is 1. The highest BCUT2D eigenvalue weighted by Gasteiger charge is 2.18. The Labute approximate surface area is 183 Å². The van der Waals surface area contributed by atoms with Gasteiger partial charge in [0.15, 0.2) is 5.78 Å². The van der Waals surface area contributed by atoms with Gasteiger partial charge in [0.1, 0.15) is 0 Å². The van der Waals surface area contributed by atoms with Crippen molar-refractivity contribution in [2.24, 2.45) is 0 Å². The number of para-hydroxylation sites is 1. The fraction of sp³-hybridized carbons (Fsp3) is 0.360. The molecule has 0 saturated carbocycles. The Balaban J connectivity index is 1.16. The molecule has 0 radical (unpaired) electrons. The van der Waals surface area contributed by atoms with Crippen molar-refractivity contribution in [2.75, 3.05) is 44.2 Å². The van der Waals surface area contributed by atoms with Crippen molar-refractivity contribution >= 4 is 28.3 Å². The number of carbonyl (C=O) groups is 2. The Morgan fingerprint density at radius 3 is 2.48 bits per heavy atom. The highest BCUT2D eigenvalue weighted by atomic mass is 16.1. The maximum absolute atomic E-state index is 12.3. The summed E-state index contributed by atoms with van der Waals surface area (Å²) in [6, 6.07) is 16.1. The lowest BCUT2D eigenvalue weighted by Crippen LogP contribution is -2.47. The van der Waals surface area contributed by atoms with Gasteiger partial charge in [0.25, 0.3) is 0 Å². The zero-order chi connectivity index (χ0) is 21.6. The molecule has 1 aromatic heterocycles. The van der Waals surface area contributed by atoms with E-state index in [4.69, 9.17) is 0 Å². The lowest BCUT2D eigenvalue weighted by Gasteiger charge is -2.36. The highest BCUT2D eigenvalue weighted by molar-refractivity contribution is 5.94. The number of piperazine rings is 1. The van der Waals surface area contributed by atoms with Gasteiger partial charge in [-0.05, 0) is 49.2 Å². The fourth-order valence-electron chi connectivity index (χ4n) is 4.16. The molecule has 0 aliphatic carbocycles. The van der Waals surface area contributed by atoms with Crippen LogP contribution in [0.3, 0.4) is 0 Å². The molecule has 0 unspecified atom stereocenters. The summed E-state index contributed by atoms with van der Waals surface area (Å²) in [5, 5.41) is 4.28. The van der Waals surface area contributed by atoms with Crippen LogP contribution < -0.4 is 10.2 Å². The number of ketones is 1. The third-order valence-corrected chi connectivity index (χ3v) is 6.06. The lowest BCUT2D eigenvalue weighted by molar-refractivity contribution is -0.121. The number of fused-ring (bicyclic) bond motifs is 1. The van der Waals surface area contributed by atoms with E-state index in [1.54, 1.807) is 6.92 Å². The SMILES string of the molecule is CC(=O)c1ccc(N2CCN(CCC(=O)NCCc3c[nH]c4ccccc34)CC2)cc1. The van der Waals surface area contributed by atoms with Crippen LogP contribution in [-0.4, -0.2) is 60.8 Å². The largest absolute Gasteiger partial charge is 0.369 e. The van der Waals surface area contributed by atoms with Gasteiger partial charge in [0.2, 0.25) is 5.91 Å². The van der Waals surface area contributed by atoms with E-state index in [1.807, 2.05) is 42.6 Å². The molecule has 3 aromatic rings. The number of nitrogens with one attached hydrogen (secondary N) is 2. The summed E-state index contributed by atoms with van der Waals surface area (Å²) in [6.07, 6.45) is 3.39. The molecule has 1 fully saturated rings. The molecule has 1 aliphatic heterocycles. The minimum absolute atomic E-state index is 0.0936. The number of nitrogens with zero attached hydrogens (tertiary/aromatic N) is 2. The molecule has 1 aliphatic rings. The van der Waals surface area contributed by atoms with E-state index in [9.17, 15) is 9.59 Å². The van der Waals surface area contributed by atoms with Crippen LogP contribution in [0.25, 0.3) is 10.9 Å². The zero-order valence-corrected chi connectivity index (χ0v) is 18.1. The topological polar surface area (TPSA) is 68.4 Å². The van der Waals surface area contributed by atoms with Crippen LogP contribution in [0.2, 0.25) is 0 Å². The Bertz CT molecular complexity index is 1030. The third kappa shape index (κ3) is 5.33. The lowest BCUT2D eigenvalue weighted by atomic mass is 10.1. The van der Waals surface area contributed by atoms with Crippen LogP contribution in [0.1, 0.15) is 29.3 Å². The fourth-order valence-corrected chi connectivity index (χ4v) is 4.16. The zero-order valence-electron chi connectivity index (χ0n) is 18.1. The van der Waals surface area contributed by atoms with Crippen molar-refractivity contribution in [1.82, 2.24) is 15.2 Å². The predicted octanol–water partition coefficient (Wildman–Crippen LogP) is 3.24. The van der Waals surface area contributed by atoms with Crippen molar-refractivity contribution in [3.05, 3.63) is 65.9 Å². The number of benzene rings is 2. The molecule has 0 bridgehead atoms. The van der Waals surface area contributed by atoms with Crippen LogP contribution in [0, 0.1) is 0 Å². The second kappa shape index (κ2) is 9.79. The summed E-state index contributed by atoms with van der Waals surface area (Å²) in [5.41, 5.74) is 4.28. The predicted molar refractivity (Wildman–Crippen MR) is 125 cm³/mol. The molecular weight excluding hydrogens is 388 g/mol. The van der Waals surface area contributed by atoms with Crippen molar-refractivity contribution in [1.29, 1.82) is 0 Å². The molecule has 1 saturated heterocycles. The first-order chi connectivity index (χ1) is 15.1. The molecule has 2 heterocycles. The maximum atomic E-state index is 12.3. The number of anilines is 1. The van der Waals surface area contributed by atoms with E-state index >= 15 is 0 Å². The first kappa shape index (κ1) is 21.1. The van der Waals surface area contributed by atoms with Gasteiger partial charge in [-0.1, -0.05) is 18.2 Å². The van der Waals surface area contributed by atoms with Crippen molar-refractivity contribution < 1.29 is 9.59 Å². The van der Waals surface area contributed by atoms with Crippen LogP contribution in [0.15, 0.2) is 54.7 Å². The van der Waals surface area contributed by atoms with Crippen LogP contribution >= 0.6 is 0 Å². The van der Waals surface area contributed by atoms with E-state index in [-0.39, 0.29) is 11.7 Å². The van der Waals surface area contributed by atoms with E-state index in [1.165, 1.54) is 10.9 Å². The maximum Gasteiger partial charge on any atom is 0.221 e. The standard InChI is InChI=1S/C25H30N4O2/c1-19(30)20-6-8-22(9-7-20)29-16-14-28(15-17-29)13-11-25(31)26-12-10-21-18-27-24-5-3-2-4-23(21)24/h2-9,18,27H,10-17H2,1H3,(H,26,31).